The minimum atomic E-state index is 0.883. The monoisotopic (exact) mass is 329 g/mol. The fourth-order valence-electron chi connectivity index (χ4n) is 3.77. The van der Waals surface area contributed by atoms with E-state index in [1.807, 2.05) is 0 Å². The summed E-state index contributed by atoms with van der Waals surface area (Å²) in [5.41, 5.74) is 8.45. The third-order valence-corrected chi connectivity index (χ3v) is 5.11. The van der Waals surface area contributed by atoms with Crippen LogP contribution in [0.1, 0.15) is 27.9 Å². The number of fused-ring (bicyclic) bond motifs is 3. The van der Waals surface area contributed by atoms with E-state index in [4.69, 9.17) is 4.98 Å². The summed E-state index contributed by atoms with van der Waals surface area (Å²) in [4.78, 5) is 4.89. The highest BCUT2D eigenvalue weighted by molar-refractivity contribution is 5.97. The Balaban J connectivity index is 1.91. The van der Waals surface area contributed by atoms with E-state index in [9.17, 15) is 0 Å². The maximum Gasteiger partial charge on any atom is 0.149 e. The van der Waals surface area contributed by atoms with Crippen LogP contribution in [0.4, 0.5) is 11.5 Å². The van der Waals surface area contributed by atoms with E-state index in [0.29, 0.717) is 0 Å². The lowest BCUT2D eigenvalue weighted by Crippen LogP contribution is -1.97. The number of anilines is 2. The summed E-state index contributed by atoms with van der Waals surface area (Å²) in [5, 5.41) is 6.00. The molecule has 2 heterocycles. The van der Waals surface area contributed by atoms with E-state index < -0.39 is 0 Å². The second-order valence-corrected chi connectivity index (χ2v) is 6.97. The van der Waals surface area contributed by atoms with Crippen LogP contribution < -0.4 is 5.32 Å². The third kappa shape index (κ3) is 2.47. The van der Waals surface area contributed by atoms with Gasteiger partial charge in [-0.25, -0.2) is 4.98 Å². The molecule has 0 saturated heterocycles. The molecule has 0 unspecified atom stereocenters. The van der Waals surface area contributed by atoms with Crippen molar-refractivity contribution in [1.29, 1.82) is 0 Å². The van der Waals surface area contributed by atoms with E-state index in [-0.39, 0.29) is 0 Å². The molecule has 126 valence electrons. The number of benzene rings is 2. The second-order valence-electron chi connectivity index (χ2n) is 6.97. The molecule has 3 heteroatoms. The Morgan fingerprint density at radius 2 is 1.52 bits per heavy atom. The standard InChI is InChI=1S/C22H23N3/c1-13-10-14(2)21(15(3)11-13)23-20-12-25-17(5)16(4)18-8-6-7-9-19(18)22(25)24-20/h6-12,23H,1-5H3. The number of nitrogens with one attached hydrogen (secondary N) is 1. The fraction of sp³-hybridized carbons (Fsp3) is 0.227. The number of rotatable bonds is 2. The zero-order valence-electron chi connectivity index (χ0n) is 15.4. The van der Waals surface area contributed by atoms with Gasteiger partial charge in [0, 0.05) is 16.8 Å². The maximum atomic E-state index is 4.89. The lowest BCUT2D eigenvalue weighted by atomic mass is 10.1. The number of imidazole rings is 1. The van der Waals surface area contributed by atoms with Crippen LogP contribution in [0.15, 0.2) is 42.6 Å². The average molecular weight is 329 g/mol. The van der Waals surface area contributed by atoms with Gasteiger partial charge in [0.25, 0.3) is 0 Å². The predicted molar refractivity (Wildman–Crippen MR) is 106 cm³/mol. The average Bonchev–Trinajstić information content (AvgIpc) is 3.00. The Hall–Kier alpha value is -2.81. The van der Waals surface area contributed by atoms with Crippen LogP contribution in [0.2, 0.25) is 0 Å². The van der Waals surface area contributed by atoms with Gasteiger partial charge in [0.15, 0.2) is 0 Å². The number of hydrogen-bond donors (Lipinski definition) is 1. The van der Waals surface area contributed by atoms with Gasteiger partial charge >= 0.3 is 0 Å². The molecule has 2 aromatic heterocycles. The molecule has 0 spiro atoms. The predicted octanol–water partition coefficient (Wildman–Crippen LogP) is 5.77. The van der Waals surface area contributed by atoms with Crippen molar-refractivity contribution in [2.24, 2.45) is 0 Å². The van der Waals surface area contributed by atoms with Gasteiger partial charge in [0.1, 0.15) is 11.5 Å². The van der Waals surface area contributed by atoms with Crippen molar-refractivity contribution in [3.63, 3.8) is 0 Å². The van der Waals surface area contributed by atoms with Crippen molar-refractivity contribution in [1.82, 2.24) is 9.38 Å². The van der Waals surface area contributed by atoms with Crippen molar-refractivity contribution in [2.45, 2.75) is 34.6 Å². The summed E-state index contributed by atoms with van der Waals surface area (Å²) in [7, 11) is 0. The minimum absolute atomic E-state index is 0.883. The first-order valence-electron chi connectivity index (χ1n) is 8.67. The van der Waals surface area contributed by atoms with Gasteiger partial charge in [-0.15, -0.1) is 0 Å². The van der Waals surface area contributed by atoms with Gasteiger partial charge < -0.3 is 9.72 Å². The number of nitrogens with zero attached hydrogens (tertiary/aromatic N) is 2. The summed E-state index contributed by atoms with van der Waals surface area (Å²) in [6, 6.07) is 12.9. The number of hydrogen-bond acceptors (Lipinski definition) is 2. The summed E-state index contributed by atoms with van der Waals surface area (Å²) < 4.78 is 2.19. The topological polar surface area (TPSA) is 29.3 Å². The Kier molecular flexibility index (Phi) is 3.53. The van der Waals surface area contributed by atoms with Crippen LogP contribution in [-0.4, -0.2) is 9.38 Å². The molecule has 0 bridgehead atoms. The van der Waals surface area contributed by atoms with Crippen molar-refractivity contribution in [3.8, 4) is 0 Å². The first kappa shape index (κ1) is 15.7. The zero-order valence-corrected chi connectivity index (χ0v) is 15.4. The van der Waals surface area contributed by atoms with Crippen molar-refractivity contribution >= 4 is 27.9 Å². The second kappa shape index (κ2) is 5.62. The van der Waals surface area contributed by atoms with Gasteiger partial charge in [0.2, 0.25) is 0 Å². The zero-order chi connectivity index (χ0) is 17.7. The Morgan fingerprint density at radius 3 is 2.20 bits per heavy atom. The normalized spacial score (nSPS) is 11.4. The molecule has 1 N–H and O–H groups in total. The fourth-order valence-corrected chi connectivity index (χ4v) is 3.77. The molecule has 0 aliphatic carbocycles. The van der Waals surface area contributed by atoms with E-state index in [2.05, 4.69) is 86.9 Å². The molecule has 3 nitrogen and oxygen atoms in total. The largest absolute Gasteiger partial charge is 0.338 e. The molecule has 25 heavy (non-hydrogen) atoms. The van der Waals surface area contributed by atoms with E-state index in [0.717, 1.165) is 17.2 Å². The Labute approximate surface area is 148 Å². The molecule has 4 rings (SSSR count). The molecule has 4 aromatic rings. The van der Waals surface area contributed by atoms with E-state index in [1.165, 1.54) is 38.7 Å². The van der Waals surface area contributed by atoms with Crippen LogP contribution in [0.5, 0.6) is 0 Å². The first-order valence-corrected chi connectivity index (χ1v) is 8.67. The molecule has 0 aliphatic heterocycles. The molecular formula is C22H23N3. The van der Waals surface area contributed by atoms with Crippen LogP contribution in [-0.2, 0) is 0 Å². The molecule has 2 aromatic carbocycles. The summed E-state index contributed by atoms with van der Waals surface area (Å²) in [6.07, 6.45) is 2.10. The number of pyridine rings is 1. The van der Waals surface area contributed by atoms with Gasteiger partial charge in [-0.1, -0.05) is 42.0 Å². The number of aryl methyl sites for hydroxylation is 5. The highest BCUT2D eigenvalue weighted by Crippen LogP contribution is 2.30. The minimum Gasteiger partial charge on any atom is -0.338 e. The maximum absolute atomic E-state index is 4.89. The molecule has 0 fully saturated rings. The summed E-state index contributed by atoms with van der Waals surface area (Å²) in [5.74, 6) is 0.883. The van der Waals surface area contributed by atoms with Gasteiger partial charge in [-0.3, -0.25) is 0 Å². The summed E-state index contributed by atoms with van der Waals surface area (Å²) in [6.45, 7) is 10.7. The smallest absolute Gasteiger partial charge is 0.149 e. The van der Waals surface area contributed by atoms with Crippen LogP contribution >= 0.6 is 0 Å². The molecule has 0 aliphatic rings. The van der Waals surface area contributed by atoms with Gasteiger partial charge in [-0.2, -0.15) is 0 Å². The molecule has 0 radical (unpaired) electrons. The summed E-state index contributed by atoms with van der Waals surface area (Å²) >= 11 is 0. The first-order chi connectivity index (χ1) is 12.0. The highest BCUT2D eigenvalue weighted by atomic mass is 15.1. The van der Waals surface area contributed by atoms with Crippen LogP contribution in [0.25, 0.3) is 16.4 Å². The Bertz CT molecular complexity index is 1100. The van der Waals surface area contributed by atoms with E-state index >= 15 is 0 Å². The molecular weight excluding hydrogens is 306 g/mol. The lowest BCUT2D eigenvalue weighted by Gasteiger charge is -2.11. The molecule has 0 atom stereocenters. The quantitative estimate of drug-likeness (QED) is 0.505. The molecule has 0 amide bonds. The molecule has 0 saturated carbocycles. The Morgan fingerprint density at radius 1 is 0.880 bits per heavy atom. The number of aromatic nitrogens is 2. The SMILES string of the molecule is Cc1cc(C)c(Nc2cn3c(C)c(C)c4ccccc4c3n2)c(C)c1. The van der Waals surface area contributed by atoms with Crippen LogP contribution in [0.3, 0.4) is 0 Å². The van der Waals surface area contributed by atoms with Gasteiger partial charge in [0.05, 0.1) is 6.20 Å². The van der Waals surface area contributed by atoms with Gasteiger partial charge in [-0.05, 0) is 56.7 Å². The highest BCUT2D eigenvalue weighted by Gasteiger charge is 2.13. The van der Waals surface area contributed by atoms with Crippen molar-refractivity contribution in [2.75, 3.05) is 5.32 Å². The lowest BCUT2D eigenvalue weighted by molar-refractivity contribution is 1.08. The van der Waals surface area contributed by atoms with Crippen molar-refractivity contribution < 1.29 is 0 Å². The van der Waals surface area contributed by atoms with Crippen LogP contribution in [0, 0.1) is 34.6 Å². The third-order valence-electron chi connectivity index (χ3n) is 5.11. The van der Waals surface area contributed by atoms with Crippen molar-refractivity contribution in [3.05, 3.63) is 70.5 Å². The van der Waals surface area contributed by atoms with E-state index in [1.54, 1.807) is 0 Å².